The van der Waals surface area contributed by atoms with Gasteiger partial charge in [0.1, 0.15) is 6.07 Å². The lowest BCUT2D eigenvalue weighted by atomic mass is 10.2. The molecule has 5 heteroatoms. The highest BCUT2D eigenvalue weighted by molar-refractivity contribution is 9.10. The highest BCUT2D eigenvalue weighted by atomic mass is 79.9. The van der Waals surface area contributed by atoms with Crippen molar-refractivity contribution in [1.82, 2.24) is 4.98 Å². The normalized spacial score (nSPS) is 9.36. The van der Waals surface area contributed by atoms with Gasteiger partial charge in [0, 0.05) is 0 Å². The molecule has 0 amide bonds. The van der Waals surface area contributed by atoms with E-state index in [-0.39, 0.29) is 0 Å². The van der Waals surface area contributed by atoms with Crippen LogP contribution in [0.5, 0.6) is 11.5 Å². The van der Waals surface area contributed by atoms with Crippen LogP contribution in [0, 0.1) is 18.3 Å². The third-order valence-corrected chi connectivity index (χ3v) is 2.47. The first-order valence-electron chi connectivity index (χ1n) is 3.83. The van der Waals surface area contributed by atoms with Crippen LogP contribution in [-0.4, -0.2) is 19.2 Å². The van der Waals surface area contributed by atoms with Crippen LogP contribution in [0.1, 0.15) is 11.4 Å². The van der Waals surface area contributed by atoms with Crippen molar-refractivity contribution in [2.24, 2.45) is 0 Å². The lowest BCUT2D eigenvalue weighted by molar-refractivity contribution is 0.348. The number of pyridine rings is 1. The van der Waals surface area contributed by atoms with E-state index in [4.69, 9.17) is 14.7 Å². The summed E-state index contributed by atoms with van der Waals surface area (Å²) in [4.78, 5) is 4.06. The molecule has 74 valence electrons. The van der Waals surface area contributed by atoms with Crippen LogP contribution >= 0.6 is 15.9 Å². The van der Waals surface area contributed by atoms with E-state index in [1.54, 1.807) is 6.92 Å². The van der Waals surface area contributed by atoms with Gasteiger partial charge in [-0.2, -0.15) is 5.26 Å². The van der Waals surface area contributed by atoms with E-state index >= 15 is 0 Å². The number of hydrogen-bond acceptors (Lipinski definition) is 4. The largest absolute Gasteiger partial charge is 0.492 e. The second-order valence-electron chi connectivity index (χ2n) is 2.54. The maximum atomic E-state index is 8.79. The van der Waals surface area contributed by atoms with Crippen LogP contribution in [0.25, 0.3) is 0 Å². The maximum absolute atomic E-state index is 8.79. The Morgan fingerprint density at radius 3 is 2.29 bits per heavy atom. The minimum absolute atomic E-state index is 0.292. The van der Waals surface area contributed by atoms with Gasteiger partial charge in [0.15, 0.2) is 17.2 Å². The second kappa shape index (κ2) is 4.29. The molecule has 0 aliphatic heterocycles. The summed E-state index contributed by atoms with van der Waals surface area (Å²) in [6.45, 7) is 1.76. The molecule has 14 heavy (non-hydrogen) atoms. The molecule has 1 aromatic rings. The molecule has 0 aromatic carbocycles. The van der Waals surface area contributed by atoms with Crippen molar-refractivity contribution in [2.45, 2.75) is 6.92 Å². The van der Waals surface area contributed by atoms with Gasteiger partial charge >= 0.3 is 0 Å². The van der Waals surface area contributed by atoms with Gasteiger partial charge in [-0.15, -0.1) is 0 Å². The quantitative estimate of drug-likeness (QED) is 0.813. The van der Waals surface area contributed by atoms with Gasteiger partial charge in [-0.3, -0.25) is 0 Å². The van der Waals surface area contributed by atoms with Crippen molar-refractivity contribution in [3.05, 3.63) is 15.9 Å². The number of halogens is 1. The van der Waals surface area contributed by atoms with Crippen molar-refractivity contribution < 1.29 is 9.47 Å². The highest BCUT2D eigenvalue weighted by Crippen LogP contribution is 2.38. The number of ether oxygens (including phenoxy) is 2. The van der Waals surface area contributed by atoms with E-state index in [2.05, 4.69) is 20.9 Å². The lowest BCUT2D eigenvalue weighted by Gasteiger charge is -2.11. The van der Waals surface area contributed by atoms with E-state index in [0.29, 0.717) is 27.4 Å². The summed E-state index contributed by atoms with van der Waals surface area (Å²) >= 11 is 3.24. The summed E-state index contributed by atoms with van der Waals surface area (Å²) in [5, 5.41) is 8.79. The zero-order valence-electron chi connectivity index (χ0n) is 8.09. The molecule has 4 nitrogen and oxygen atoms in total. The molecular formula is C9H9BrN2O2. The van der Waals surface area contributed by atoms with Crippen molar-refractivity contribution in [2.75, 3.05) is 14.2 Å². The molecule has 0 aliphatic carbocycles. The molecular weight excluding hydrogens is 248 g/mol. The van der Waals surface area contributed by atoms with Crippen LogP contribution in [-0.2, 0) is 0 Å². The number of nitrogens with zero attached hydrogens (tertiary/aromatic N) is 2. The zero-order valence-corrected chi connectivity index (χ0v) is 9.67. The molecule has 0 saturated heterocycles. The second-order valence-corrected chi connectivity index (χ2v) is 3.33. The molecule has 0 bridgehead atoms. The molecule has 0 fully saturated rings. The third kappa shape index (κ3) is 1.66. The Morgan fingerprint density at radius 2 is 1.86 bits per heavy atom. The minimum atomic E-state index is 0.292. The van der Waals surface area contributed by atoms with Crippen LogP contribution in [0.4, 0.5) is 0 Å². The maximum Gasteiger partial charge on any atom is 0.183 e. The van der Waals surface area contributed by atoms with Crippen molar-refractivity contribution >= 4 is 15.9 Å². The fourth-order valence-corrected chi connectivity index (χ4v) is 1.66. The van der Waals surface area contributed by atoms with E-state index < -0.39 is 0 Å². The average molecular weight is 257 g/mol. The molecule has 0 saturated carbocycles. The first-order valence-corrected chi connectivity index (χ1v) is 4.63. The van der Waals surface area contributed by atoms with Gasteiger partial charge in [-0.05, 0) is 22.9 Å². The molecule has 0 N–H and O–H groups in total. The van der Waals surface area contributed by atoms with E-state index in [1.807, 2.05) is 6.07 Å². The average Bonchev–Trinajstić information content (AvgIpc) is 2.20. The zero-order chi connectivity index (χ0) is 10.7. The highest BCUT2D eigenvalue weighted by Gasteiger charge is 2.16. The SMILES string of the molecule is COc1c(C)nc(C#N)c(Br)c1OC. The smallest absolute Gasteiger partial charge is 0.183 e. The van der Waals surface area contributed by atoms with Gasteiger partial charge in [-0.1, -0.05) is 0 Å². The molecule has 0 unspecified atom stereocenters. The standard InChI is InChI=1S/C9H9BrN2O2/c1-5-8(13-2)9(14-3)7(10)6(4-11)12-5/h1-3H3. The van der Waals surface area contributed by atoms with E-state index in [0.717, 1.165) is 0 Å². The summed E-state index contributed by atoms with van der Waals surface area (Å²) < 4.78 is 10.8. The molecule has 0 aliphatic rings. The summed E-state index contributed by atoms with van der Waals surface area (Å²) in [6, 6.07) is 1.97. The number of nitriles is 1. The van der Waals surface area contributed by atoms with Gasteiger partial charge in [0.2, 0.25) is 0 Å². The molecule has 1 rings (SSSR count). The fraction of sp³-hybridized carbons (Fsp3) is 0.333. The monoisotopic (exact) mass is 256 g/mol. The Labute approximate surface area is 90.6 Å². The first kappa shape index (κ1) is 10.8. The van der Waals surface area contributed by atoms with Gasteiger partial charge < -0.3 is 9.47 Å². The summed E-state index contributed by atoms with van der Waals surface area (Å²) in [6.07, 6.45) is 0. The number of methoxy groups -OCH3 is 2. The Balaban J connectivity index is 3.50. The lowest BCUT2D eigenvalue weighted by Crippen LogP contribution is -1.99. The molecule has 0 spiro atoms. The van der Waals surface area contributed by atoms with Crippen molar-refractivity contribution in [3.8, 4) is 17.6 Å². The summed E-state index contributed by atoms with van der Waals surface area (Å²) in [7, 11) is 3.05. The van der Waals surface area contributed by atoms with Crippen molar-refractivity contribution in [3.63, 3.8) is 0 Å². The first-order chi connectivity index (χ1) is 6.65. The van der Waals surface area contributed by atoms with E-state index in [9.17, 15) is 0 Å². The Bertz CT molecular complexity index is 395. The molecule has 0 radical (unpaired) electrons. The minimum Gasteiger partial charge on any atom is -0.492 e. The fourth-order valence-electron chi connectivity index (χ4n) is 1.14. The number of aromatic nitrogens is 1. The van der Waals surface area contributed by atoms with Gasteiger partial charge in [-0.25, -0.2) is 4.98 Å². The van der Waals surface area contributed by atoms with Crippen LogP contribution in [0.3, 0.4) is 0 Å². The molecule has 1 aromatic heterocycles. The van der Waals surface area contributed by atoms with Crippen LogP contribution < -0.4 is 9.47 Å². The predicted octanol–water partition coefficient (Wildman–Crippen LogP) is 2.04. The Kier molecular flexibility index (Phi) is 3.31. The number of hydrogen-bond donors (Lipinski definition) is 0. The van der Waals surface area contributed by atoms with E-state index in [1.165, 1.54) is 14.2 Å². The third-order valence-electron chi connectivity index (χ3n) is 1.74. The molecule has 0 atom stereocenters. The van der Waals surface area contributed by atoms with Crippen LogP contribution in [0.15, 0.2) is 4.47 Å². The van der Waals surface area contributed by atoms with Gasteiger partial charge in [0.25, 0.3) is 0 Å². The number of aryl methyl sites for hydroxylation is 1. The summed E-state index contributed by atoms with van der Waals surface area (Å²) in [5.74, 6) is 1.04. The number of rotatable bonds is 2. The predicted molar refractivity (Wildman–Crippen MR) is 54.5 cm³/mol. The Morgan fingerprint density at radius 1 is 1.29 bits per heavy atom. The summed E-state index contributed by atoms with van der Waals surface area (Å²) in [5.41, 5.74) is 0.921. The molecule has 1 heterocycles. The topological polar surface area (TPSA) is 55.1 Å². The van der Waals surface area contributed by atoms with Crippen LogP contribution in [0.2, 0.25) is 0 Å². The van der Waals surface area contributed by atoms with Gasteiger partial charge in [0.05, 0.1) is 24.4 Å². The van der Waals surface area contributed by atoms with Crippen molar-refractivity contribution in [1.29, 1.82) is 5.26 Å². The Hall–Kier alpha value is -1.28.